The van der Waals surface area contributed by atoms with Crippen LogP contribution >= 0.6 is 11.6 Å². The molecule has 1 aromatic carbocycles. The minimum absolute atomic E-state index is 0.0122. The zero-order chi connectivity index (χ0) is 14.3. The Hall–Kier alpha value is -1.52. The lowest BCUT2D eigenvalue weighted by Crippen LogP contribution is -2.22. The Morgan fingerprint density at radius 3 is 2.95 bits per heavy atom. The highest BCUT2D eigenvalue weighted by molar-refractivity contribution is 6.30. The standard InChI is InChI=1S/C15H17ClN2O2/c1-9-11(15(16)18(2)17-9)7-13(19)12-8-20-14-6-4-3-5-10(12)14/h3-6,12-13,19H,7-8H2,1-2H3. The Morgan fingerprint density at radius 1 is 1.50 bits per heavy atom. The van der Waals surface area contributed by atoms with Gasteiger partial charge in [-0.15, -0.1) is 0 Å². The second-order valence-corrected chi connectivity index (χ2v) is 5.56. The van der Waals surface area contributed by atoms with E-state index in [0.29, 0.717) is 18.2 Å². The number of fused-ring (bicyclic) bond motifs is 1. The summed E-state index contributed by atoms with van der Waals surface area (Å²) in [5.74, 6) is 0.854. The number of benzene rings is 1. The lowest BCUT2D eigenvalue weighted by Gasteiger charge is -2.17. The average Bonchev–Trinajstić information content (AvgIpc) is 2.96. The Morgan fingerprint density at radius 2 is 2.25 bits per heavy atom. The Balaban J connectivity index is 1.83. The molecule has 1 N–H and O–H groups in total. The molecule has 1 aliphatic rings. The third-order valence-electron chi connectivity index (χ3n) is 3.88. The first-order valence-electron chi connectivity index (χ1n) is 6.65. The number of aliphatic hydroxyl groups excluding tert-OH is 1. The lowest BCUT2D eigenvalue weighted by molar-refractivity contribution is 0.129. The number of hydrogen-bond donors (Lipinski definition) is 1. The lowest BCUT2D eigenvalue weighted by atomic mass is 9.91. The normalized spacial score (nSPS) is 18.7. The van der Waals surface area contributed by atoms with Crippen LogP contribution in [0.5, 0.6) is 5.75 Å². The first-order valence-corrected chi connectivity index (χ1v) is 7.03. The number of rotatable bonds is 3. The third-order valence-corrected chi connectivity index (χ3v) is 4.36. The summed E-state index contributed by atoms with van der Waals surface area (Å²) in [6.07, 6.45) is -0.0417. The first kappa shape index (κ1) is 13.5. The van der Waals surface area contributed by atoms with Gasteiger partial charge in [-0.1, -0.05) is 29.8 Å². The van der Waals surface area contributed by atoms with Crippen LogP contribution in [0.25, 0.3) is 0 Å². The van der Waals surface area contributed by atoms with Crippen LogP contribution in [0.15, 0.2) is 24.3 Å². The summed E-state index contributed by atoms with van der Waals surface area (Å²) in [5.41, 5.74) is 2.84. The molecular formula is C15H17ClN2O2. The smallest absolute Gasteiger partial charge is 0.130 e. The fourth-order valence-electron chi connectivity index (χ4n) is 2.76. The average molecular weight is 293 g/mol. The monoisotopic (exact) mass is 292 g/mol. The summed E-state index contributed by atoms with van der Waals surface area (Å²) < 4.78 is 7.26. The van der Waals surface area contributed by atoms with Gasteiger partial charge in [-0.3, -0.25) is 4.68 Å². The van der Waals surface area contributed by atoms with Crippen molar-refractivity contribution in [3.63, 3.8) is 0 Å². The van der Waals surface area contributed by atoms with Crippen molar-refractivity contribution in [2.24, 2.45) is 7.05 Å². The van der Waals surface area contributed by atoms with Crippen LogP contribution < -0.4 is 4.74 Å². The molecule has 0 saturated heterocycles. The highest BCUT2D eigenvalue weighted by atomic mass is 35.5. The Kier molecular flexibility index (Phi) is 3.44. The number of ether oxygens (including phenoxy) is 1. The minimum atomic E-state index is -0.529. The summed E-state index contributed by atoms with van der Waals surface area (Å²) in [5, 5.41) is 15.4. The quantitative estimate of drug-likeness (QED) is 0.945. The van der Waals surface area contributed by atoms with Gasteiger partial charge < -0.3 is 9.84 Å². The maximum atomic E-state index is 10.5. The third kappa shape index (κ3) is 2.19. The molecule has 106 valence electrons. The fourth-order valence-corrected chi connectivity index (χ4v) is 3.01. The van der Waals surface area contributed by atoms with E-state index in [0.717, 1.165) is 22.6 Å². The van der Waals surface area contributed by atoms with Gasteiger partial charge in [-0.25, -0.2) is 0 Å². The molecule has 0 bridgehead atoms. The van der Waals surface area contributed by atoms with Crippen molar-refractivity contribution < 1.29 is 9.84 Å². The zero-order valence-corrected chi connectivity index (χ0v) is 12.3. The summed E-state index contributed by atoms with van der Waals surface area (Å²) in [6, 6.07) is 7.85. The van der Waals surface area contributed by atoms with E-state index in [1.165, 1.54) is 0 Å². The highest BCUT2D eigenvalue weighted by Gasteiger charge is 2.31. The van der Waals surface area contributed by atoms with Crippen molar-refractivity contribution in [1.29, 1.82) is 0 Å². The molecule has 0 aliphatic carbocycles. The molecule has 0 amide bonds. The van der Waals surface area contributed by atoms with Gasteiger partial charge in [0.2, 0.25) is 0 Å². The number of nitrogens with zero attached hydrogens (tertiary/aromatic N) is 2. The fraction of sp³-hybridized carbons (Fsp3) is 0.400. The molecule has 4 nitrogen and oxygen atoms in total. The van der Waals surface area contributed by atoms with Crippen molar-refractivity contribution in [2.75, 3.05) is 6.61 Å². The molecule has 1 aliphatic heterocycles. The number of para-hydroxylation sites is 1. The van der Waals surface area contributed by atoms with E-state index in [2.05, 4.69) is 5.10 Å². The SMILES string of the molecule is Cc1nn(C)c(Cl)c1CC(O)C1COc2ccccc21. The second kappa shape index (κ2) is 5.11. The number of halogens is 1. The van der Waals surface area contributed by atoms with Crippen molar-refractivity contribution in [3.05, 3.63) is 46.2 Å². The van der Waals surface area contributed by atoms with Crippen LogP contribution in [-0.4, -0.2) is 27.6 Å². The zero-order valence-electron chi connectivity index (χ0n) is 11.5. The minimum Gasteiger partial charge on any atom is -0.493 e. The van der Waals surface area contributed by atoms with Gasteiger partial charge in [0, 0.05) is 30.5 Å². The summed E-state index contributed by atoms with van der Waals surface area (Å²) in [6.45, 7) is 2.42. The van der Waals surface area contributed by atoms with E-state index in [-0.39, 0.29) is 5.92 Å². The maximum absolute atomic E-state index is 10.5. The molecule has 2 atom stereocenters. The Labute approximate surface area is 122 Å². The maximum Gasteiger partial charge on any atom is 0.130 e. The van der Waals surface area contributed by atoms with Gasteiger partial charge in [-0.05, 0) is 13.0 Å². The van der Waals surface area contributed by atoms with Gasteiger partial charge in [0.05, 0.1) is 18.4 Å². The van der Waals surface area contributed by atoms with Gasteiger partial charge in [0.1, 0.15) is 10.9 Å². The van der Waals surface area contributed by atoms with E-state index >= 15 is 0 Å². The highest BCUT2D eigenvalue weighted by Crippen LogP contribution is 2.37. The molecule has 20 heavy (non-hydrogen) atoms. The predicted molar refractivity (Wildman–Crippen MR) is 77.3 cm³/mol. The second-order valence-electron chi connectivity index (χ2n) is 5.21. The molecular weight excluding hydrogens is 276 g/mol. The van der Waals surface area contributed by atoms with Crippen LogP contribution in [0.1, 0.15) is 22.7 Å². The van der Waals surface area contributed by atoms with E-state index in [1.54, 1.807) is 11.7 Å². The molecule has 0 radical (unpaired) electrons. The van der Waals surface area contributed by atoms with Crippen LogP contribution in [0.2, 0.25) is 5.15 Å². The van der Waals surface area contributed by atoms with Gasteiger partial charge in [0.15, 0.2) is 0 Å². The van der Waals surface area contributed by atoms with Crippen LogP contribution in [0.3, 0.4) is 0 Å². The topological polar surface area (TPSA) is 47.3 Å². The van der Waals surface area contributed by atoms with E-state index in [9.17, 15) is 5.11 Å². The van der Waals surface area contributed by atoms with Crippen LogP contribution in [0, 0.1) is 6.92 Å². The van der Waals surface area contributed by atoms with Gasteiger partial charge >= 0.3 is 0 Å². The van der Waals surface area contributed by atoms with Crippen LogP contribution in [0.4, 0.5) is 0 Å². The molecule has 2 aromatic rings. The Bertz CT molecular complexity index is 639. The largest absolute Gasteiger partial charge is 0.493 e. The number of hydrogen-bond acceptors (Lipinski definition) is 3. The van der Waals surface area contributed by atoms with E-state index < -0.39 is 6.10 Å². The number of aryl methyl sites for hydroxylation is 2. The molecule has 2 unspecified atom stereocenters. The molecule has 0 fully saturated rings. The first-order chi connectivity index (χ1) is 9.58. The summed E-state index contributed by atoms with van der Waals surface area (Å²) >= 11 is 6.22. The molecule has 2 heterocycles. The molecule has 5 heteroatoms. The molecule has 1 aromatic heterocycles. The van der Waals surface area contributed by atoms with E-state index in [4.69, 9.17) is 16.3 Å². The number of aliphatic hydroxyl groups is 1. The van der Waals surface area contributed by atoms with E-state index in [1.807, 2.05) is 31.2 Å². The van der Waals surface area contributed by atoms with Crippen LogP contribution in [-0.2, 0) is 13.5 Å². The van der Waals surface area contributed by atoms with Gasteiger partial charge in [0.25, 0.3) is 0 Å². The van der Waals surface area contributed by atoms with Crippen molar-refractivity contribution in [2.45, 2.75) is 25.4 Å². The van der Waals surface area contributed by atoms with Crippen molar-refractivity contribution >= 4 is 11.6 Å². The summed E-state index contributed by atoms with van der Waals surface area (Å²) in [7, 11) is 1.80. The van der Waals surface area contributed by atoms with Crippen molar-refractivity contribution in [3.8, 4) is 5.75 Å². The van der Waals surface area contributed by atoms with Gasteiger partial charge in [-0.2, -0.15) is 5.10 Å². The van der Waals surface area contributed by atoms with Crippen molar-refractivity contribution in [1.82, 2.24) is 9.78 Å². The number of aromatic nitrogens is 2. The predicted octanol–water partition coefficient (Wildman–Crippen LogP) is 2.46. The summed E-state index contributed by atoms with van der Waals surface area (Å²) in [4.78, 5) is 0. The molecule has 0 spiro atoms. The molecule has 3 rings (SSSR count). The molecule has 0 saturated carbocycles.